The van der Waals surface area contributed by atoms with Crippen molar-refractivity contribution in [2.45, 2.75) is 6.92 Å². The first-order chi connectivity index (χ1) is 11.5. The van der Waals surface area contributed by atoms with E-state index in [-0.39, 0.29) is 0 Å². The van der Waals surface area contributed by atoms with Crippen molar-refractivity contribution in [3.05, 3.63) is 57.4 Å². The number of methoxy groups -OCH3 is 1. The molecule has 0 spiro atoms. The Labute approximate surface area is 145 Å². The summed E-state index contributed by atoms with van der Waals surface area (Å²) < 4.78 is 16.5. The number of hydrogen-bond donors (Lipinski definition) is 0. The molecule has 0 saturated carbocycles. The molecular weight excluding hydrogens is 376 g/mol. The van der Waals surface area contributed by atoms with Crippen molar-refractivity contribution in [3.63, 3.8) is 0 Å². The summed E-state index contributed by atoms with van der Waals surface area (Å²) in [6, 6.07) is 12.0. The molecule has 0 aliphatic heterocycles. The van der Waals surface area contributed by atoms with Gasteiger partial charge in [-0.1, -0.05) is 28.1 Å². The third kappa shape index (κ3) is 3.19. The van der Waals surface area contributed by atoms with Gasteiger partial charge < -0.3 is 13.9 Å². The summed E-state index contributed by atoms with van der Waals surface area (Å²) in [5, 5.41) is 0.736. The summed E-state index contributed by atoms with van der Waals surface area (Å²) in [5.41, 5.74) is 1.01. The molecule has 0 radical (unpaired) electrons. The average molecular weight is 389 g/mol. The molecule has 0 saturated heterocycles. The van der Waals surface area contributed by atoms with Crippen molar-refractivity contribution in [1.29, 1.82) is 0 Å². The number of halogens is 1. The highest BCUT2D eigenvalue weighted by Crippen LogP contribution is 2.31. The monoisotopic (exact) mass is 388 g/mol. The Morgan fingerprint density at radius 1 is 1.12 bits per heavy atom. The molecule has 0 aliphatic carbocycles. The van der Waals surface area contributed by atoms with E-state index >= 15 is 0 Å². The van der Waals surface area contributed by atoms with Crippen LogP contribution in [-0.2, 0) is 4.79 Å². The highest BCUT2D eigenvalue weighted by molar-refractivity contribution is 9.10. The Morgan fingerprint density at radius 3 is 2.46 bits per heavy atom. The zero-order valence-electron chi connectivity index (χ0n) is 13.0. The second-order valence-corrected chi connectivity index (χ2v) is 6.01. The Balaban J connectivity index is 2.11. The second-order valence-electron chi connectivity index (χ2n) is 5.09. The van der Waals surface area contributed by atoms with Crippen LogP contribution in [0.5, 0.6) is 11.5 Å². The summed E-state index contributed by atoms with van der Waals surface area (Å²) in [4.78, 5) is 23.3. The molecule has 0 aliphatic rings. The number of carbonyl (C=O) groups excluding carboxylic acids is 1. The Bertz CT molecular complexity index is 973. The van der Waals surface area contributed by atoms with Crippen LogP contribution in [-0.4, -0.2) is 13.1 Å². The van der Waals surface area contributed by atoms with Gasteiger partial charge in [0.15, 0.2) is 11.3 Å². The fourth-order valence-corrected chi connectivity index (χ4v) is 2.84. The number of hydrogen-bond acceptors (Lipinski definition) is 5. The van der Waals surface area contributed by atoms with Crippen LogP contribution in [0.1, 0.15) is 6.92 Å². The Morgan fingerprint density at radius 2 is 1.83 bits per heavy atom. The smallest absolute Gasteiger partial charge is 0.344 e. The number of esters is 1. The molecule has 1 aromatic heterocycles. The fourth-order valence-electron chi connectivity index (χ4n) is 2.39. The number of fused-ring (bicyclic) bond motifs is 1. The zero-order valence-corrected chi connectivity index (χ0v) is 14.5. The molecule has 6 heteroatoms. The van der Waals surface area contributed by atoms with Crippen LogP contribution in [0, 0.1) is 0 Å². The van der Waals surface area contributed by atoms with Crippen LogP contribution in [0.3, 0.4) is 0 Å². The number of ether oxygens (including phenoxy) is 2. The minimum Gasteiger partial charge on any atom is -0.493 e. The quantitative estimate of drug-likeness (QED) is 0.383. The van der Waals surface area contributed by atoms with Gasteiger partial charge in [0.2, 0.25) is 0 Å². The maximum absolute atomic E-state index is 12.3. The molecule has 2 aromatic carbocycles. The zero-order chi connectivity index (χ0) is 17.3. The van der Waals surface area contributed by atoms with E-state index in [0.29, 0.717) is 28.2 Å². The summed E-state index contributed by atoms with van der Waals surface area (Å²) >= 11 is 3.41. The molecule has 24 heavy (non-hydrogen) atoms. The van der Waals surface area contributed by atoms with Crippen molar-refractivity contribution < 1.29 is 18.7 Å². The molecule has 3 aromatic rings. The van der Waals surface area contributed by atoms with Crippen LogP contribution in [0.25, 0.3) is 22.1 Å². The third-order valence-corrected chi connectivity index (χ3v) is 3.87. The Hall–Kier alpha value is -2.60. The molecule has 0 amide bonds. The van der Waals surface area contributed by atoms with E-state index < -0.39 is 11.6 Å². The van der Waals surface area contributed by atoms with Crippen molar-refractivity contribution in [2.75, 3.05) is 7.11 Å². The average Bonchev–Trinajstić information content (AvgIpc) is 2.54. The molecule has 0 N–H and O–H groups in total. The van der Waals surface area contributed by atoms with E-state index in [9.17, 15) is 9.59 Å². The number of carbonyl (C=O) groups is 1. The van der Waals surface area contributed by atoms with Gasteiger partial charge in [0, 0.05) is 16.8 Å². The molecular formula is C18H13BrO5. The summed E-state index contributed by atoms with van der Waals surface area (Å²) in [6.45, 7) is 1.33. The van der Waals surface area contributed by atoms with E-state index in [1.54, 1.807) is 36.4 Å². The first-order valence-electron chi connectivity index (χ1n) is 7.08. The lowest BCUT2D eigenvalue weighted by molar-refractivity contribution is -0.131. The molecule has 0 bridgehead atoms. The first kappa shape index (κ1) is 16.3. The molecule has 0 fully saturated rings. The van der Waals surface area contributed by atoms with Crippen molar-refractivity contribution in [3.8, 4) is 22.6 Å². The van der Waals surface area contributed by atoms with Gasteiger partial charge in [0.25, 0.3) is 0 Å². The van der Waals surface area contributed by atoms with E-state index in [4.69, 9.17) is 13.9 Å². The maximum atomic E-state index is 12.3. The van der Waals surface area contributed by atoms with Gasteiger partial charge in [-0.2, -0.15) is 0 Å². The highest BCUT2D eigenvalue weighted by Gasteiger charge is 2.12. The molecule has 3 rings (SSSR count). The van der Waals surface area contributed by atoms with Crippen LogP contribution in [0.15, 0.2) is 56.1 Å². The molecule has 0 unspecified atom stereocenters. The molecule has 5 nitrogen and oxygen atoms in total. The van der Waals surface area contributed by atoms with Gasteiger partial charge in [-0.15, -0.1) is 0 Å². The minimum atomic E-state index is -0.469. The van der Waals surface area contributed by atoms with E-state index in [2.05, 4.69) is 15.9 Å². The van der Waals surface area contributed by atoms with Gasteiger partial charge in [0.05, 0.1) is 12.7 Å². The van der Waals surface area contributed by atoms with Gasteiger partial charge >= 0.3 is 11.6 Å². The maximum Gasteiger partial charge on any atom is 0.344 e. The van der Waals surface area contributed by atoms with Gasteiger partial charge in [-0.05, 0) is 35.9 Å². The Kier molecular flexibility index (Phi) is 4.40. The van der Waals surface area contributed by atoms with E-state index in [0.717, 1.165) is 9.86 Å². The highest BCUT2D eigenvalue weighted by atomic mass is 79.9. The number of rotatable bonds is 3. The third-order valence-electron chi connectivity index (χ3n) is 3.41. The lowest BCUT2D eigenvalue weighted by atomic mass is 10.1. The van der Waals surface area contributed by atoms with E-state index in [1.807, 2.05) is 6.07 Å². The largest absolute Gasteiger partial charge is 0.493 e. The predicted octanol–water partition coefficient (Wildman–Crippen LogP) is 4.16. The van der Waals surface area contributed by atoms with Crippen LogP contribution < -0.4 is 15.1 Å². The van der Waals surface area contributed by atoms with Gasteiger partial charge in [0.1, 0.15) is 5.75 Å². The van der Waals surface area contributed by atoms with Crippen molar-refractivity contribution >= 4 is 32.9 Å². The second kappa shape index (κ2) is 6.49. The van der Waals surface area contributed by atoms with E-state index in [1.165, 1.54) is 14.0 Å². The van der Waals surface area contributed by atoms with Crippen molar-refractivity contribution in [2.24, 2.45) is 0 Å². The van der Waals surface area contributed by atoms with Crippen LogP contribution in [0.4, 0.5) is 0 Å². The lowest BCUT2D eigenvalue weighted by Gasteiger charge is -2.07. The standard InChI is InChI=1S/C18H13BrO5/c1-10(20)23-14-5-3-11(4-6-14)15-8-12-7-13(19)9-16(22-2)17(12)24-18(15)21/h3-9H,1-2H3. The first-order valence-corrected chi connectivity index (χ1v) is 7.87. The SMILES string of the molecule is COc1cc(Br)cc2cc(-c3ccc(OC(C)=O)cc3)c(=O)oc12. The lowest BCUT2D eigenvalue weighted by Crippen LogP contribution is -2.04. The molecule has 0 atom stereocenters. The normalized spacial score (nSPS) is 10.6. The predicted molar refractivity (Wildman–Crippen MR) is 93.5 cm³/mol. The van der Waals surface area contributed by atoms with Crippen LogP contribution >= 0.6 is 15.9 Å². The number of benzene rings is 2. The van der Waals surface area contributed by atoms with Gasteiger partial charge in [-0.3, -0.25) is 4.79 Å². The van der Waals surface area contributed by atoms with Crippen LogP contribution in [0.2, 0.25) is 0 Å². The summed E-state index contributed by atoms with van der Waals surface area (Å²) in [7, 11) is 1.52. The fraction of sp³-hybridized carbons (Fsp3) is 0.111. The topological polar surface area (TPSA) is 65.7 Å². The van der Waals surface area contributed by atoms with Crippen molar-refractivity contribution in [1.82, 2.24) is 0 Å². The minimum absolute atomic E-state index is 0.394. The molecule has 122 valence electrons. The van der Waals surface area contributed by atoms with Gasteiger partial charge in [-0.25, -0.2) is 4.79 Å². The summed E-state index contributed by atoms with van der Waals surface area (Å²) in [5.74, 6) is 0.499. The summed E-state index contributed by atoms with van der Waals surface area (Å²) in [6.07, 6.45) is 0. The molecule has 1 heterocycles.